The second kappa shape index (κ2) is 10.6. The summed E-state index contributed by atoms with van der Waals surface area (Å²) in [5.41, 5.74) is 4.19. The summed E-state index contributed by atoms with van der Waals surface area (Å²) >= 11 is 0. The highest BCUT2D eigenvalue weighted by atomic mass is 14.9. The minimum atomic E-state index is 0.489. The van der Waals surface area contributed by atoms with Crippen LogP contribution in [0, 0.1) is 6.92 Å². The minimum absolute atomic E-state index is 0.489. The summed E-state index contributed by atoms with van der Waals surface area (Å²) in [4.78, 5) is 0. The Kier molecular flexibility index (Phi) is 9.15. The molecule has 0 radical (unpaired) electrons. The van der Waals surface area contributed by atoms with Crippen LogP contribution >= 0.6 is 0 Å². The van der Waals surface area contributed by atoms with E-state index in [1.165, 1.54) is 48.8 Å². The molecule has 0 bridgehead atoms. The molecular weight excluding hydrogens is 266 g/mol. The zero-order valence-electron chi connectivity index (χ0n) is 15.3. The summed E-state index contributed by atoms with van der Waals surface area (Å²) < 4.78 is 0. The second-order valence-corrected chi connectivity index (χ2v) is 6.91. The Morgan fingerprint density at radius 1 is 1.09 bits per heavy atom. The normalized spacial score (nSPS) is 13.7. The first-order valence-corrected chi connectivity index (χ1v) is 8.98. The fourth-order valence-electron chi connectivity index (χ4n) is 2.86. The van der Waals surface area contributed by atoms with Crippen molar-refractivity contribution in [3.05, 3.63) is 47.0 Å². The van der Waals surface area contributed by atoms with Crippen molar-refractivity contribution in [1.82, 2.24) is 5.32 Å². The molecule has 0 spiro atoms. The molecule has 2 atom stereocenters. The van der Waals surface area contributed by atoms with Gasteiger partial charge in [-0.25, -0.2) is 0 Å². The van der Waals surface area contributed by atoms with Crippen molar-refractivity contribution >= 4 is 0 Å². The van der Waals surface area contributed by atoms with Gasteiger partial charge < -0.3 is 5.32 Å². The van der Waals surface area contributed by atoms with E-state index in [-0.39, 0.29) is 0 Å². The van der Waals surface area contributed by atoms with E-state index >= 15 is 0 Å². The Balaban J connectivity index is 2.52. The Morgan fingerprint density at radius 2 is 1.77 bits per heavy atom. The van der Waals surface area contributed by atoms with Crippen LogP contribution in [0.3, 0.4) is 0 Å². The molecule has 0 saturated heterocycles. The molecule has 0 aliphatic rings. The molecule has 22 heavy (non-hydrogen) atoms. The summed E-state index contributed by atoms with van der Waals surface area (Å²) in [6, 6.07) is 9.49. The predicted molar refractivity (Wildman–Crippen MR) is 99.6 cm³/mol. The van der Waals surface area contributed by atoms with Crippen molar-refractivity contribution in [2.24, 2.45) is 0 Å². The number of benzene rings is 1. The van der Waals surface area contributed by atoms with Crippen LogP contribution in [0.1, 0.15) is 76.8 Å². The van der Waals surface area contributed by atoms with Crippen LogP contribution in [-0.2, 0) is 0 Å². The van der Waals surface area contributed by atoms with Gasteiger partial charge >= 0.3 is 0 Å². The van der Waals surface area contributed by atoms with E-state index in [2.05, 4.69) is 70.3 Å². The van der Waals surface area contributed by atoms with Crippen LogP contribution in [0.5, 0.6) is 0 Å². The van der Waals surface area contributed by atoms with E-state index < -0.39 is 0 Å². The molecule has 1 heteroatoms. The quantitative estimate of drug-likeness (QED) is 0.413. The summed E-state index contributed by atoms with van der Waals surface area (Å²) in [6.45, 7) is 12.3. The number of nitrogens with one attached hydrogen (secondary N) is 1. The Morgan fingerprint density at radius 3 is 2.36 bits per heavy atom. The van der Waals surface area contributed by atoms with Gasteiger partial charge in [-0.3, -0.25) is 0 Å². The maximum Gasteiger partial charge on any atom is 0.0258 e. The predicted octanol–water partition coefficient (Wildman–Crippen LogP) is 5.99. The molecule has 1 nitrogen and oxygen atoms in total. The van der Waals surface area contributed by atoms with Gasteiger partial charge in [0.15, 0.2) is 0 Å². The molecule has 0 saturated carbocycles. The number of hydrogen-bond donors (Lipinski definition) is 1. The number of rotatable bonds is 10. The molecule has 0 aromatic heterocycles. The van der Waals surface area contributed by atoms with Gasteiger partial charge in [0.25, 0.3) is 0 Å². The molecular formula is C21H35N. The Bertz CT molecular complexity index is 426. The van der Waals surface area contributed by atoms with Crippen LogP contribution in [0.2, 0.25) is 0 Å². The zero-order chi connectivity index (χ0) is 16.4. The highest BCUT2D eigenvalue weighted by Crippen LogP contribution is 2.22. The molecule has 0 heterocycles. The van der Waals surface area contributed by atoms with Crippen molar-refractivity contribution < 1.29 is 0 Å². The molecule has 0 aliphatic carbocycles. The maximum absolute atomic E-state index is 3.75. The first-order chi connectivity index (χ1) is 10.5. The number of unbranched alkanes of at least 4 members (excludes halogenated alkanes) is 3. The van der Waals surface area contributed by atoms with Crippen molar-refractivity contribution in [1.29, 1.82) is 0 Å². The van der Waals surface area contributed by atoms with E-state index in [9.17, 15) is 0 Å². The standard InChI is InChI=1S/C21H35N/c1-6-7-8-9-14-22-21(15-17(2)3)16-19(5)20-12-10-18(4)11-13-20/h10-13,15,19,21-22H,6-9,14,16H2,1-5H3/t19-,21?/m0/s1. The average Bonchev–Trinajstić information content (AvgIpc) is 2.47. The second-order valence-electron chi connectivity index (χ2n) is 6.91. The van der Waals surface area contributed by atoms with E-state index in [1.54, 1.807) is 0 Å². The average molecular weight is 302 g/mol. The van der Waals surface area contributed by atoms with Gasteiger partial charge in [-0.1, -0.05) is 74.6 Å². The monoisotopic (exact) mass is 301 g/mol. The lowest BCUT2D eigenvalue weighted by Gasteiger charge is -2.21. The first kappa shape index (κ1) is 19.0. The van der Waals surface area contributed by atoms with Crippen LogP contribution in [0.15, 0.2) is 35.9 Å². The lowest BCUT2D eigenvalue weighted by molar-refractivity contribution is 0.496. The van der Waals surface area contributed by atoms with Crippen molar-refractivity contribution in [3.63, 3.8) is 0 Å². The molecule has 1 unspecified atom stereocenters. The lowest BCUT2D eigenvalue weighted by atomic mass is 9.92. The molecule has 0 amide bonds. The number of aryl methyl sites for hydroxylation is 1. The Hall–Kier alpha value is -1.08. The van der Waals surface area contributed by atoms with Crippen LogP contribution in [-0.4, -0.2) is 12.6 Å². The van der Waals surface area contributed by atoms with Gasteiger partial charge in [0.2, 0.25) is 0 Å². The molecule has 1 aromatic carbocycles. The highest BCUT2D eigenvalue weighted by molar-refractivity contribution is 5.24. The smallest absolute Gasteiger partial charge is 0.0258 e. The van der Waals surface area contributed by atoms with E-state index in [0.717, 1.165) is 6.54 Å². The molecule has 124 valence electrons. The molecule has 1 aromatic rings. The van der Waals surface area contributed by atoms with Crippen molar-refractivity contribution in [2.45, 2.75) is 78.7 Å². The fraction of sp³-hybridized carbons (Fsp3) is 0.619. The number of hydrogen-bond acceptors (Lipinski definition) is 1. The van der Waals surface area contributed by atoms with Crippen LogP contribution in [0.4, 0.5) is 0 Å². The third-order valence-corrected chi connectivity index (χ3v) is 4.23. The van der Waals surface area contributed by atoms with Crippen molar-refractivity contribution in [3.8, 4) is 0 Å². The zero-order valence-corrected chi connectivity index (χ0v) is 15.3. The molecule has 0 fully saturated rings. The summed E-state index contributed by atoms with van der Waals surface area (Å²) in [5.74, 6) is 0.587. The van der Waals surface area contributed by atoms with Crippen molar-refractivity contribution in [2.75, 3.05) is 6.54 Å². The summed E-state index contributed by atoms with van der Waals surface area (Å²) in [6.07, 6.45) is 8.86. The summed E-state index contributed by atoms with van der Waals surface area (Å²) in [7, 11) is 0. The maximum atomic E-state index is 3.75. The van der Waals surface area contributed by atoms with Gasteiger partial charge in [-0.2, -0.15) is 0 Å². The number of allylic oxidation sites excluding steroid dienone is 1. The fourth-order valence-corrected chi connectivity index (χ4v) is 2.86. The minimum Gasteiger partial charge on any atom is -0.310 e. The van der Waals surface area contributed by atoms with Crippen LogP contribution < -0.4 is 5.32 Å². The molecule has 0 aliphatic heterocycles. The summed E-state index contributed by atoms with van der Waals surface area (Å²) in [5, 5.41) is 3.75. The third kappa shape index (κ3) is 7.79. The van der Waals surface area contributed by atoms with Gasteiger partial charge in [0, 0.05) is 6.04 Å². The first-order valence-electron chi connectivity index (χ1n) is 8.98. The Labute approximate surface area is 138 Å². The molecule has 1 N–H and O–H groups in total. The topological polar surface area (TPSA) is 12.0 Å². The van der Waals surface area contributed by atoms with Gasteiger partial charge in [-0.15, -0.1) is 0 Å². The lowest BCUT2D eigenvalue weighted by Crippen LogP contribution is -2.29. The molecule has 1 rings (SSSR count). The third-order valence-electron chi connectivity index (χ3n) is 4.23. The van der Waals surface area contributed by atoms with Gasteiger partial charge in [0.1, 0.15) is 0 Å². The van der Waals surface area contributed by atoms with E-state index in [4.69, 9.17) is 0 Å². The largest absolute Gasteiger partial charge is 0.310 e. The van der Waals surface area contributed by atoms with Gasteiger partial charge in [0.05, 0.1) is 0 Å². The van der Waals surface area contributed by atoms with Gasteiger partial charge in [-0.05, 0) is 51.6 Å². The van der Waals surface area contributed by atoms with E-state index in [1.807, 2.05) is 0 Å². The van der Waals surface area contributed by atoms with Crippen LogP contribution in [0.25, 0.3) is 0 Å². The highest BCUT2D eigenvalue weighted by Gasteiger charge is 2.12. The van der Waals surface area contributed by atoms with E-state index in [0.29, 0.717) is 12.0 Å². The SMILES string of the molecule is CCCCCCNC(C=C(C)C)C[C@H](C)c1ccc(C)cc1.